The van der Waals surface area contributed by atoms with Crippen molar-refractivity contribution in [3.8, 4) is 0 Å². The highest BCUT2D eigenvalue weighted by Gasteiger charge is 2.44. The highest BCUT2D eigenvalue weighted by atomic mass is 16.8. The molecule has 0 saturated carbocycles. The first-order valence-corrected chi connectivity index (χ1v) is 16.3. The second kappa shape index (κ2) is 16.0. The lowest BCUT2D eigenvalue weighted by atomic mass is 9.97. The molecule has 3 aliphatic heterocycles. The van der Waals surface area contributed by atoms with E-state index >= 15 is 0 Å². The molecule has 1 aromatic rings. The van der Waals surface area contributed by atoms with Crippen LogP contribution < -0.4 is 0 Å². The number of rotatable bonds is 17. The van der Waals surface area contributed by atoms with Gasteiger partial charge >= 0.3 is 11.9 Å². The molecular formula is C33H49NO9. The summed E-state index contributed by atoms with van der Waals surface area (Å²) in [4.78, 5) is 35.4. The lowest BCUT2D eigenvalue weighted by molar-refractivity contribution is -0.384. The fourth-order valence-electron chi connectivity index (χ4n) is 6.50. The van der Waals surface area contributed by atoms with Crippen LogP contribution in [0.25, 0.3) is 0 Å². The van der Waals surface area contributed by atoms with E-state index in [1.54, 1.807) is 0 Å². The molecule has 240 valence electrons. The SMILES string of the molecule is CCCCCCCCCC[C@@H]1OC(C)(C)O[C@@H]1CC[C@@H](OC(=O)c1ccc([N+](=O)[O-])cc1)[C@H]1CC[C@H]([C@H]2CCC(=O)O2)O1. The number of unbranched alkanes of at least 4 members (excludes halogenated alkanes) is 7. The zero-order valence-corrected chi connectivity index (χ0v) is 26.0. The lowest BCUT2D eigenvalue weighted by Gasteiger charge is -2.27. The maximum atomic E-state index is 13.2. The van der Waals surface area contributed by atoms with E-state index in [1.807, 2.05) is 13.8 Å². The van der Waals surface area contributed by atoms with Crippen molar-refractivity contribution in [2.24, 2.45) is 0 Å². The molecule has 1 aromatic carbocycles. The second-order valence-electron chi connectivity index (χ2n) is 12.7. The number of ether oxygens (including phenoxy) is 5. The summed E-state index contributed by atoms with van der Waals surface area (Å²) < 4.78 is 30.4. The average molecular weight is 604 g/mol. The van der Waals surface area contributed by atoms with Crippen LogP contribution in [0, 0.1) is 10.1 Å². The van der Waals surface area contributed by atoms with Gasteiger partial charge in [-0.1, -0.05) is 58.3 Å². The third-order valence-electron chi connectivity index (χ3n) is 8.77. The van der Waals surface area contributed by atoms with Crippen LogP contribution in [0.1, 0.15) is 127 Å². The van der Waals surface area contributed by atoms with E-state index in [0.717, 1.165) is 12.8 Å². The van der Waals surface area contributed by atoms with Crippen LogP contribution in [0.5, 0.6) is 0 Å². The van der Waals surface area contributed by atoms with Crippen molar-refractivity contribution in [1.82, 2.24) is 0 Å². The van der Waals surface area contributed by atoms with Crippen LogP contribution in [0.2, 0.25) is 0 Å². The largest absolute Gasteiger partial charge is 0.460 e. The number of non-ortho nitro benzene ring substituents is 1. The van der Waals surface area contributed by atoms with E-state index < -0.39 is 22.8 Å². The number of hydrogen-bond donors (Lipinski definition) is 0. The van der Waals surface area contributed by atoms with E-state index in [9.17, 15) is 19.7 Å². The van der Waals surface area contributed by atoms with Gasteiger partial charge in [0.05, 0.1) is 34.9 Å². The molecular weight excluding hydrogens is 554 g/mol. The molecule has 0 amide bonds. The van der Waals surface area contributed by atoms with Crippen molar-refractivity contribution < 1.29 is 38.2 Å². The summed E-state index contributed by atoms with van der Waals surface area (Å²) in [6.07, 6.45) is 12.9. The number of nitrogens with zero attached hydrogens (tertiary/aromatic N) is 1. The molecule has 3 heterocycles. The molecule has 0 unspecified atom stereocenters. The molecule has 3 aliphatic rings. The molecule has 0 radical (unpaired) electrons. The maximum Gasteiger partial charge on any atom is 0.338 e. The first-order chi connectivity index (χ1) is 20.6. The van der Waals surface area contributed by atoms with E-state index in [4.69, 9.17) is 23.7 Å². The van der Waals surface area contributed by atoms with E-state index in [-0.39, 0.29) is 47.7 Å². The number of benzene rings is 1. The fourth-order valence-corrected chi connectivity index (χ4v) is 6.50. The van der Waals surface area contributed by atoms with Gasteiger partial charge in [0.1, 0.15) is 12.2 Å². The Labute approximate surface area is 255 Å². The standard InChI is InChI=1S/C33H49NO9/c1-4-5-6-7-8-9-10-11-12-29-30(43-33(2,3)42-29)20-19-28(26-18-17-25(39-26)27-21-22-31(35)40-27)41-32(36)23-13-15-24(16-14-23)34(37)38/h13-16,25-30H,4-12,17-22H2,1-3H3/t25-,26-,27-,28-,29+,30-/m1/s1. The van der Waals surface area contributed by atoms with Gasteiger partial charge in [0.15, 0.2) is 5.79 Å². The summed E-state index contributed by atoms with van der Waals surface area (Å²) in [5.41, 5.74) is 0.147. The molecule has 43 heavy (non-hydrogen) atoms. The molecule has 10 heteroatoms. The molecule has 0 aromatic heterocycles. The molecule has 6 atom stereocenters. The van der Waals surface area contributed by atoms with Gasteiger partial charge in [-0.3, -0.25) is 14.9 Å². The Morgan fingerprint density at radius 1 is 0.953 bits per heavy atom. The van der Waals surface area contributed by atoms with Gasteiger partial charge < -0.3 is 23.7 Å². The van der Waals surface area contributed by atoms with Gasteiger partial charge in [-0.05, 0) is 64.5 Å². The van der Waals surface area contributed by atoms with Crippen molar-refractivity contribution in [3.05, 3.63) is 39.9 Å². The summed E-state index contributed by atoms with van der Waals surface area (Å²) in [6, 6.07) is 5.40. The first-order valence-electron chi connectivity index (χ1n) is 16.3. The van der Waals surface area contributed by atoms with Crippen molar-refractivity contribution in [2.75, 3.05) is 0 Å². The zero-order chi connectivity index (χ0) is 30.8. The van der Waals surface area contributed by atoms with Crippen LogP contribution in [0.15, 0.2) is 24.3 Å². The van der Waals surface area contributed by atoms with Gasteiger partial charge in [-0.25, -0.2) is 4.79 Å². The van der Waals surface area contributed by atoms with Gasteiger partial charge in [-0.15, -0.1) is 0 Å². The minimum atomic E-state index is -0.679. The molecule has 3 saturated heterocycles. The molecule has 0 spiro atoms. The van der Waals surface area contributed by atoms with Gasteiger partial charge in [0.2, 0.25) is 0 Å². The molecule has 0 N–H and O–H groups in total. The third kappa shape index (κ3) is 9.98. The van der Waals surface area contributed by atoms with Crippen molar-refractivity contribution in [2.45, 2.75) is 159 Å². The van der Waals surface area contributed by atoms with E-state index in [1.165, 1.54) is 69.2 Å². The van der Waals surface area contributed by atoms with Crippen LogP contribution in [0.3, 0.4) is 0 Å². The number of hydrogen-bond acceptors (Lipinski definition) is 9. The Hall–Kier alpha value is -2.56. The minimum Gasteiger partial charge on any atom is -0.460 e. The monoisotopic (exact) mass is 603 g/mol. The van der Waals surface area contributed by atoms with Crippen molar-refractivity contribution >= 4 is 17.6 Å². The smallest absolute Gasteiger partial charge is 0.338 e. The highest BCUT2D eigenvalue weighted by molar-refractivity contribution is 5.89. The van der Waals surface area contributed by atoms with Gasteiger partial charge in [0, 0.05) is 18.6 Å². The fraction of sp³-hybridized carbons (Fsp3) is 0.758. The zero-order valence-electron chi connectivity index (χ0n) is 26.0. The summed E-state index contributed by atoms with van der Waals surface area (Å²) in [7, 11) is 0. The number of carbonyl (C=O) groups is 2. The number of nitro groups is 1. The van der Waals surface area contributed by atoms with Crippen LogP contribution in [-0.2, 0) is 28.5 Å². The normalized spacial score (nSPS) is 27.2. The van der Waals surface area contributed by atoms with Gasteiger partial charge in [-0.2, -0.15) is 0 Å². The number of cyclic esters (lactones) is 1. The Bertz CT molecular complexity index is 1060. The average Bonchev–Trinajstić information content (AvgIpc) is 3.71. The quantitative estimate of drug-likeness (QED) is 0.0786. The molecule has 0 aliphatic carbocycles. The Morgan fingerprint density at radius 2 is 1.60 bits per heavy atom. The third-order valence-corrected chi connectivity index (χ3v) is 8.77. The number of esters is 2. The molecule has 10 nitrogen and oxygen atoms in total. The van der Waals surface area contributed by atoms with E-state index in [2.05, 4.69) is 6.92 Å². The van der Waals surface area contributed by atoms with Crippen LogP contribution in [0.4, 0.5) is 5.69 Å². The molecule has 3 fully saturated rings. The van der Waals surface area contributed by atoms with Crippen LogP contribution in [-0.4, -0.2) is 59.3 Å². The minimum absolute atomic E-state index is 0.0312. The predicted molar refractivity (Wildman–Crippen MR) is 160 cm³/mol. The Morgan fingerprint density at radius 3 is 2.23 bits per heavy atom. The first kappa shape index (κ1) is 33.3. The summed E-state index contributed by atoms with van der Waals surface area (Å²) in [5.74, 6) is -1.44. The predicted octanol–water partition coefficient (Wildman–Crippen LogP) is 7.20. The molecule has 0 bridgehead atoms. The topological polar surface area (TPSA) is 123 Å². The highest BCUT2D eigenvalue weighted by Crippen LogP contribution is 2.36. The van der Waals surface area contributed by atoms with Crippen molar-refractivity contribution in [3.63, 3.8) is 0 Å². The van der Waals surface area contributed by atoms with Crippen LogP contribution >= 0.6 is 0 Å². The Kier molecular flexibility index (Phi) is 12.4. The summed E-state index contributed by atoms with van der Waals surface area (Å²) in [6.45, 7) is 6.11. The van der Waals surface area contributed by atoms with Gasteiger partial charge in [0.25, 0.3) is 5.69 Å². The number of carbonyl (C=O) groups excluding carboxylic acids is 2. The Balaban J connectivity index is 1.35. The molecule has 4 rings (SSSR count). The van der Waals surface area contributed by atoms with E-state index in [0.29, 0.717) is 38.5 Å². The lowest BCUT2D eigenvalue weighted by Crippen LogP contribution is -2.35. The summed E-state index contributed by atoms with van der Waals surface area (Å²) in [5, 5.41) is 11.0. The van der Waals surface area contributed by atoms with Crippen molar-refractivity contribution in [1.29, 1.82) is 0 Å². The maximum absolute atomic E-state index is 13.2. The summed E-state index contributed by atoms with van der Waals surface area (Å²) >= 11 is 0. The second-order valence-corrected chi connectivity index (χ2v) is 12.7. The number of nitro benzene ring substituents is 1.